The summed E-state index contributed by atoms with van der Waals surface area (Å²) in [4.78, 5) is 22.0. The Hall–Kier alpha value is -2.36. The van der Waals surface area contributed by atoms with Crippen molar-refractivity contribution in [3.8, 4) is 11.5 Å². The number of ether oxygens (including phenoxy) is 3. The van der Waals surface area contributed by atoms with Crippen LogP contribution >= 0.6 is 0 Å². The molecule has 1 saturated heterocycles. The van der Waals surface area contributed by atoms with Gasteiger partial charge in [0.2, 0.25) is 0 Å². The van der Waals surface area contributed by atoms with Crippen LogP contribution in [0.1, 0.15) is 6.42 Å². The van der Waals surface area contributed by atoms with E-state index >= 15 is 0 Å². The molecule has 126 valence electrons. The van der Waals surface area contributed by atoms with Crippen molar-refractivity contribution in [1.29, 1.82) is 0 Å². The topological polar surface area (TPSA) is 122 Å². The van der Waals surface area contributed by atoms with Gasteiger partial charge in [-0.05, 0) is 18.6 Å². The molecular formula is C13H15NO8S. The van der Waals surface area contributed by atoms with E-state index in [-0.39, 0.29) is 35.1 Å². The first kappa shape index (κ1) is 17.0. The fourth-order valence-corrected chi connectivity index (χ4v) is 3.69. The average Bonchev–Trinajstić information content (AvgIpc) is 2.83. The predicted octanol–water partition coefficient (Wildman–Crippen LogP) is 0.713. The maximum Gasteiger partial charge on any atom is 0.344 e. The van der Waals surface area contributed by atoms with E-state index in [2.05, 4.69) is 0 Å². The monoisotopic (exact) mass is 345 g/mol. The van der Waals surface area contributed by atoms with Gasteiger partial charge in [0, 0.05) is 0 Å². The number of hydrogen-bond donors (Lipinski definition) is 0. The van der Waals surface area contributed by atoms with Gasteiger partial charge in [-0.25, -0.2) is 13.2 Å². The van der Waals surface area contributed by atoms with Crippen LogP contribution in [0.15, 0.2) is 18.2 Å². The maximum atomic E-state index is 11.7. The lowest BCUT2D eigenvalue weighted by Gasteiger charge is -2.11. The third-order valence-corrected chi connectivity index (χ3v) is 4.93. The van der Waals surface area contributed by atoms with Crippen molar-refractivity contribution < 1.29 is 32.3 Å². The van der Waals surface area contributed by atoms with Gasteiger partial charge in [-0.2, -0.15) is 0 Å². The van der Waals surface area contributed by atoms with E-state index in [1.807, 2.05) is 0 Å². The van der Waals surface area contributed by atoms with E-state index in [4.69, 9.17) is 14.2 Å². The Morgan fingerprint density at radius 1 is 1.43 bits per heavy atom. The Bertz CT molecular complexity index is 715. The van der Waals surface area contributed by atoms with Crippen molar-refractivity contribution in [1.82, 2.24) is 0 Å². The minimum Gasteiger partial charge on any atom is -0.496 e. The molecule has 0 amide bonds. The van der Waals surface area contributed by atoms with Gasteiger partial charge >= 0.3 is 11.7 Å². The van der Waals surface area contributed by atoms with Gasteiger partial charge in [-0.3, -0.25) is 10.1 Å². The van der Waals surface area contributed by atoms with Gasteiger partial charge < -0.3 is 14.2 Å². The van der Waals surface area contributed by atoms with E-state index in [1.54, 1.807) is 0 Å². The summed E-state index contributed by atoms with van der Waals surface area (Å²) in [6, 6.07) is 3.94. The molecule has 0 N–H and O–H groups in total. The molecule has 0 radical (unpaired) electrons. The van der Waals surface area contributed by atoms with Gasteiger partial charge in [-0.15, -0.1) is 0 Å². The first-order valence-corrected chi connectivity index (χ1v) is 8.48. The molecule has 1 aromatic carbocycles. The lowest BCUT2D eigenvalue weighted by atomic mass is 10.3. The molecule has 2 rings (SSSR count). The number of nitro benzene ring substituents is 1. The first-order chi connectivity index (χ1) is 10.8. The Morgan fingerprint density at radius 2 is 2.17 bits per heavy atom. The summed E-state index contributed by atoms with van der Waals surface area (Å²) >= 11 is 0. The third-order valence-electron chi connectivity index (χ3n) is 3.20. The van der Waals surface area contributed by atoms with Crippen LogP contribution in [0.2, 0.25) is 0 Å². The minimum atomic E-state index is -3.16. The highest BCUT2D eigenvalue weighted by molar-refractivity contribution is 7.91. The molecule has 1 atom stereocenters. The summed E-state index contributed by atoms with van der Waals surface area (Å²) in [7, 11) is -1.79. The Morgan fingerprint density at radius 3 is 2.74 bits per heavy atom. The molecular weight excluding hydrogens is 330 g/mol. The van der Waals surface area contributed by atoms with Crippen molar-refractivity contribution >= 4 is 21.5 Å². The first-order valence-electron chi connectivity index (χ1n) is 6.66. The number of carbonyl (C=O) groups excluding carboxylic acids is 1. The van der Waals surface area contributed by atoms with Crippen LogP contribution in [0.5, 0.6) is 11.5 Å². The fraction of sp³-hybridized carbons (Fsp3) is 0.462. The van der Waals surface area contributed by atoms with Gasteiger partial charge in [-0.1, -0.05) is 0 Å². The van der Waals surface area contributed by atoms with Gasteiger partial charge in [0.25, 0.3) is 0 Å². The van der Waals surface area contributed by atoms with Gasteiger partial charge in [0.05, 0.1) is 29.6 Å². The molecule has 10 heteroatoms. The number of methoxy groups -OCH3 is 1. The number of rotatable bonds is 6. The zero-order valence-corrected chi connectivity index (χ0v) is 13.1. The van der Waals surface area contributed by atoms with Crippen LogP contribution in [-0.4, -0.2) is 50.6 Å². The normalized spacial score (nSPS) is 19.1. The summed E-state index contributed by atoms with van der Waals surface area (Å²) in [5, 5.41) is 11.0. The predicted molar refractivity (Wildman–Crippen MR) is 78.3 cm³/mol. The highest BCUT2D eigenvalue weighted by Crippen LogP contribution is 2.31. The van der Waals surface area contributed by atoms with Gasteiger partial charge in [0.15, 0.2) is 22.2 Å². The number of carbonyl (C=O) groups is 1. The molecule has 0 bridgehead atoms. The molecule has 0 aromatic heterocycles. The summed E-state index contributed by atoms with van der Waals surface area (Å²) in [6.07, 6.45) is -0.446. The molecule has 1 fully saturated rings. The summed E-state index contributed by atoms with van der Waals surface area (Å²) < 4.78 is 37.5. The molecule has 9 nitrogen and oxygen atoms in total. The zero-order valence-electron chi connectivity index (χ0n) is 12.3. The Balaban J connectivity index is 1.95. The molecule has 1 heterocycles. The maximum absolute atomic E-state index is 11.7. The van der Waals surface area contributed by atoms with Crippen LogP contribution in [0.3, 0.4) is 0 Å². The van der Waals surface area contributed by atoms with E-state index in [1.165, 1.54) is 25.3 Å². The van der Waals surface area contributed by atoms with Crippen molar-refractivity contribution in [2.24, 2.45) is 0 Å². The average molecular weight is 345 g/mol. The number of esters is 1. The molecule has 0 spiro atoms. The van der Waals surface area contributed by atoms with Crippen LogP contribution in [-0.2, 0) is 19.4 Å². The van der Waals surface area contributed by atoms with Crippen LogP contribution in [0, 0.1) is 10.1 Å². The lowest BCUT2D eigenvalue weighted by molar-refractivity contribution is -0.385. The number of hydrogen-bond acceptors (Lipinski definition) is 8. The minimum absolute atomic E-state index is 0.0181. The lowest BCUT2D eigenvalue weighted by Crippen LogP contribution is -2.23. The van der Waals surface area contributed by atoms with Crippen molar-refractivity contribution in [2.45, 2.75) is 12.5 Å². The number of nitro groups is 1. The molecule has 1 aliphatic rings. The number of nitrogens with zero attached hydrogens (tertiary/aromatic N) is 1. The van der Waals surface area contributed by atoms with Crippen molar-refractivity contribution in [3.63, 3.8) is 0 Å². The molecule has 0 saturated carbocycles. The zero-order chi connectivity index (χ0) is 17.0. The molecule has 0 unspecified atom stereocenters. The second-order valence-electron chi connectivity index (χ2n) is 4.89. The van der Waals surface area contributed by atoms with E-state index < -0.39 is 33.4 Å². The number of benzene rings is 1. The Labute approximate surface area is 132 Å². The third kappa shape index (κ3) is 4.55. The van der Waals surface area contributed by atoms with E-state index in [0.717, 1.165) is 0 Å². The summed E-state index contributed by atoms with van der Waals surface area (Å²) in [6.45, 7) is -0.552. The second kappa shape index (κ2) is 6.82. The SMILES string of the molecule is COc1ccc(OCC(=O)O[C@@H]2CCS(=O)(=O)C2)c([N+](=O)[O-])c1. The molecule has 1 aromatic rings. The standard InChI is InChI=1S/C13H15NO8S/c1-20-9-2-3-12(11(6-9)14(16)17)21-7-13(15)22-10-4-5-23(18,19)8-10/h2-3,6,10H,4-5,7-8H2,1H3/t10-/m1/s1. The summed E-state index contributed by atoms with van der Waals surface area (Å²) in [5.74, 6) is -0.830. The van der Waals surface area contributed by atoms with E-state index in [0.29, 0.717) is 0 Å². The largest absolute Gasteiger partial charge is 0.496 e. The van der Waals surface area contributed by atoms with Crippen molar-refractivity contribution in [3.05, 3.63) is 28.3 Å². The fourth-order valence-electron chi connectivity index (χ4n) is 2.10. The van der Waals surface area contributed by atoms with Crippen molar-refractivity contribution in [2.75, 3.05) is 25.2 Å². The number of sulfone groups is 1. The van der Waals surface area contributed by atoms with Crippen LogP contribution in [0.25, 0.3) is 0 Å². The Kier molecular flexibility index (Phi) is 5.04. The molecule has 0 aliphatic carbocycles. The molecule has 23 heavy (non-hydrogen) atoms. The van der Waals surface area contributed by atoms with Gasteiger partial charge in [0.1, 0.15) is 11.9 Å². The van der Waals surface area contributed by atoms with E-state index in [9.17, 15) is 23.3 Å². The highest BCUT2D eigenvalue weighted by Gasteiger charge is 2.31. The summed E-state index contributed by atoms with van der Waals surface area (Å²) in [5.41, 5.74) is -0.347. The quantitative estimate of drug-likeness (QED) is 0.420. The van der Waals surface area contributed by atoms with Crippen LogP contribution in [0.4, 0.5) is 5.69 Å². The molecule has 1 aliphatic heterocycles. The van der Waals surface area contributed by atoms with Crippen LogP contribution < -0.4 is 9.47 Å². The highest BCUT2D eigenvalue weighted by atomic mass is 32.2. The second-order valence-corrected chi connectivity index (χ2v) is 7.12. The smallest absolute Gasteiger partial charge is 0.344 e.